The van der Waals surface area contributed by atoms with Crippen molar-refractivity contribution in [2.24, 2.45) is 0 Å². The molecule has 8 nitrogen and oxygen atoms in total. The maximum absolute atomic E-state index is 13.2. The van der Waals surface area contributed by atoms with Crippen LogP contribution in [0.25, 0.3) is 11.5 Å². The molecule has 0 N–H and O–H groups in total. The third kappa shape index (κ3) is 2.96. The third-order valence-corrected chi connectivity index (χ3v) is 4.84. The van der Waals surface area contributed by atoms with E-state index in [-0.39, 0.29) is 11.9 Å². The zero-order valence-corrected chi connectivity index (χ0v) is 16.0. The van der Waals surface area contributed by atoms with Gasteiger partial charge in [-0.1, -0.05) is 12.1 Å². The van der Waals surface area contributed by atoms with E-state index in [4.69, 9.17) is 9.47 Å². The lowest BCUT2D eigenvalue weighted by molar-refractivity contribution is 0.0678. The quantitative estimate of drug-likeness (QED) is 0.693. The Morgan fingerprint density at radius 3 is 2.68 bits per heavy atom. The molecular weight excluding hydrogens is 358 g/mol. The molecule has 0 radical (unpaired) electrons. The summed E-state index contributed by atoms with van der Waals surface area (Å²) >= 11 is 0. The second-order valence-corrected chi connectivity index (χ2v) is 6.60. The van der Waals surface area contributed by atoms with Crippen molar-refractivity contribution >= 4 is 5.91 Å². The van der Waals surface area contributed by atoms with Gasteiger partial charge in [0, 0.05) is 12.7 Å². The SMILES string of the molecule is COc1cccc(C(=O)N2Cc3nnc(-c4ccccn4)n3[C@@H](C)C2)c1OC. The Hall–Kier alpha value is -3.42. The molecule has 1 aliphatic rings. The van der Waals surface area contributed by atoms with Crippen LogP contribution in [0.15, 0.2) is 42.6 Å². The fourth-order valence-electron chi connectivity index (χ4n) is 3.58. The van der Waals surface area contributed by atoms with Crippen LogP contribution in [0.1, 0.15) is 29.1 Å². The van der Waals surface area contributed by atoms with Gasteiger partial charge in [0.2, 0.25) is 0 Å². The predicted molar refractivity (Wildman–Crippen MR) is 102 cm³/mol. The smallest absolute Gasteiger partial charge is 0.258 e. The molecule has 0 fully saturated rings. The lowest BCUT2D eigenvalue weighted by Crippen LogP contribution is -2.40. The fraction of sp³-hybridized carbons (Fsp3) is 0.300. The minimum absolute atomic E-state index is 0.0105. The van der Waals surface area contributed by atoms with Gasteiger partial charge in [0.15, 0.2) is 23.1 Å². The number of hydrogen-bond donors (Lipinski definition) is 0. The molecule has 0 bridgehead atoms. The summed E-state index contributed by atoms with van der Waals surface area (Å²) < 4.78 is 12.8. The minimum atomic E-state index is -0.128. The minimum Gasteiger partial charge on any atom is -0.493 e. The van der Waals surface area contributed by atoms with Gasteiger partial charge in [0.25, 0.3) is 5.91 Å². The molecule has 1 amide bonds. The molecule has 1 atom stereocenters. The molecule has 144 valence electrons. The van der Waals surface area contributed by atoms with Crippen LogP contribution in [0.2, 0.25) is 0 Å². The molecule has 1 aromatic carbocycles. The van der Waals surface area contributed by atoms with Gasteiger partial charge in [-0.25, -0.2) is 0 Å². The van der Waals surface area contributed by atoms with Crippen molar-refractivity contribution in [1.29, 1.82) is 0 Å². The number of ether oxygens (including phenoxy) is 2. The molecular formula is C20H21N5O3. The number of rotatable bonds is 4. The molecule has 1 aliphatic heterocycles. The highest BCUT2D eigenvalue weighted by Gasteiger charge is 2.31. The number of hydrogen-bond acceptors (Lipinski definition) is 6. The lowest BCUT2D eigenvalue weighted by Gasteiger charge is -2.33. The number of carbonyl (C=O) groups excluding carboxylic acids is 1. The number of benzene rings is 1. The predicted octanol–water partition coefficient (Wildman–Crippen LogP) is 2.57. The number of para-hydroxylation sites is 1. The molecule has 8 heteroatoms. The first-order valence-electron chi connectivity index (χ1n) is 8.99. The van der Waals surface area contributed by atoms with Crippen LogP contribution < -0.4 is 9.47 Å². The summed E-state index contributed by atoms with van der Waals surface area (Å²) in [6.07, 6.45) is 1.73. The first-order chi connectivity index (χ1) is 13.6. The molecule has 0 unspecified atom stereocenters. The van der Waals surface area contributed by atoms with Crippen LogP contribution in [-0.4, -0.2) is 51.3 Å². The summed E-state index contributed by atoms with van der Waals surface area (Å²) in [5.41, 5.74) is 1.23. The maximum Gasteiger partial charge on any atom is 0.258 e. The summed E-state index contributed by atoms with van der Waals surface area (Å²) in [5, 5.41) is 8.62. The number of carbonyl (C=O) groups is 1. The summed E-state index contributed by atoms with van der Waals surface area (Å²) in [5.74, 6) is 2.28. The number of aromatic nitrogens is 4. The number of pyridine rings is 1. The molecule has 3 aromatic rings. The van der Waals surface area contributed by atoms with Gasteiger partial charge in [0.1, 0.15) is 5.69 Å². The second-order valence-electron chi connectivity index (χ2n) is 6.60. The Morgan fingerprint density at radius 1 is 1.11 bits per heavy atom. The van der Waals surface area contributed by atoms with E-state index in [1.165, 1.54) is 7.11 Å². The largest absolute Gasteiger partial charge is 0.493 e. The highest BCUT2D eigenvalue weighted by atomic mass is 16.5. The Kier molecular flexibility index (Phi) is 4.68. The second kappa shape index (κ2) is 7.30. The number of methoxy groups -OCH3 is 2. The van der Waals surface area contributed by atoms with E-state index in [1.54, 1.807) is 36.4 Å². The van der Waals surface area contributed by atoms with Crippen LogP contribution in [-0.2, 0) is 6.54 Å². The van der Waals surface area contributed by atoms with E-state index in [9.17, 15) is 4.79 Å². The molecule has 0 spiro atoms. The Morgan fingerprint density at radius 2 is 1.96 bits per heavy atom. The Balaban J connectivity index is 1.66. The van der Waals surface area contributed by atoms with Gasteiger partial charge in [-0.15, -0.1) is 10.2 Å². The van der Waals surface area contributed by atoms with Crippen LogP contribution in [0.3, 0.4) is 0 Å². The monoisotopic (exact) mass is 379 g/mol. The lowest BCUT2D eigenvalue weighted by atomic mass is 10.1. The van der Waals surface area contributed by atoms with E-state index < -0.39 is 0 Å². The number of amides is 1. The van der Waals surface area contributed by atoms with Gasteiger partial charge >= 0.3 is 0 Å². The van der Waals surface area contributed by atoms with E-state index in [1.807, 2.05) is 25.1 Å². The molecule has 0 saturated carbocycles. The number of fused-ring (bicyclic) bond motifs is 1. The van der Waals surface area contributed by atoms with Gasteiger partial charge < -0.3 is 18.9 Å². The van der Waals surface area contributed by atoms with Crippen molar-refractivity contribution in [2.75, 3.05) is 20.8 Å². The molecule has 3 heterocycles. The maximum atomic E-state index is 13.2. The number of nitrogens with zero attached hydrogens (tertiary/aromatic N) is 5. The van der Waals surface area contributed by atoms with Gasteiger partial charge in [-0.05, 0) is 31.2 Å². The van der Waals surface area contributed by atoms with Crippen molar-refractivity contribution in [1.82, 2.24) is 24.6 Å². The van der Waals surface area contributed by atoms with Crippen LogP contribution >= 0.6 is 0 Å². The van der Waals surface area contributed by atoms with Crippen molar-refractivity contribution in [3.63, 3.8) is 0 Å². The molecule has 4 rings (SSSR count). The molecule has 28 heavy (non-hydrogen) atoms. The Bertz CT molecular complexity index is 1000. The van der Waals surface area contributed by atoms with Crippen molar-refractivity contribution in [3.05, 3.63) is 54.0 Å². The summed E-state index contributed by atoms with van der Waals surface area (Å²) in [4.78, 5) is 19.3. The highest BCUT2D eigenvalue weighted by molar-refractivity contribution is 5.97. The van der Waals surface area contributed by atoms with E-state index in [0.29, 0.717) is 36.0 Å². The van der Waals surface area contributed by atoms with Gasteiger partial charge in [-0.2, -0.15) is 0 Å². The first kappa shape index (κ1) is 18.0. The van der Waals surface area contributed by atoms with Crippen LogP contribution in [0.5, 0.6) is 11.5 Å². The zero-order valence-electron chi connectivity index (χ0n) is 16.0. The average Bonchev–Trinajstić information content (AvgIpc) is 3.17. The standard InChI is InChI=1S/C20H21N5O3/c1-13-11-24(20(26)14-7-6-9-16(27-2)18(14)28-3)12-17-22-23-19(25(13)17)15-8-4-5-10-21-15/h4-10,13H,11-12H2,1-3H3/t13-/m0/s1. The first-order valence-corrected chi connectivity index (χ1v) is 8.99. The molecule has 0 saturated heterocycles. The van der Waals surface area contributed by atoms with Crippen LogP contribution in [0.4, 0.5) is 0 Å². The van der Waals surface area contributed by atoms with E-state index >= 15 is 0 Å². The Labute approximate surface area is 162 Å². The van der Waals surface area contributed by atoms with Gasteiger partial charge in [-0.3, -0.25) is 9.78 Å². The third-order valence-electron chi connectivity index (χ3n) is 4.84. The van der Waals surface area contributed by atoms with E-state index in [0.717, 1.165) is 11.5 Å². The van der Waals surface area contributed by atoms with Crippen LogP contribution in [0, 0.1) is 0 Å². The summed E-state index contributed by atoms with van der Waals surface area (Å²) in [6, 6.07) is 11.0. The summed E-state index contributed by atoms with van der Waals surface area (Å²) in [6.45, 7) is 2.94. The normalized spacial score (nSPS) is 15.8. The van der Waals surface area contributed by atoms with Crippen molar-refractivity contribution in [2.45, 2.75) is 19.5 Å². The van der Waals surface area contributed by atoms with Crippen molar-refractivity contribution in [3.8, 4) is 23.0 Å². The summed E-state index contributed by atoms with van der Waals surface area (Å²) in [7, 11) is 3.08. The average molecular weight is 379 g/mol. The zero-order chi connectivity index (χ0) is 19.7. The molecule has 2 aromatic heterocycles. The fourth-order valence-corrected chi connectivity index (χ4v) is 3.58. The van der Waals surface area contributed by atoms with E-state index in [2.05, 4.69) is 19.7 Å². The molecule has 0 aliphatic carbocycles. The topological polar surface area (TPSA) is 82.4 Å². The highest BCUT2D eigenvalue weighted by Crippen LogP contribution is 2.33. The van der Waals surface area contributed by atoms with Crippen molar-refractivity contribution < 1.29 is 14.3 Å². The van der Waals surface area contributed by atoms with Gasteiger partial charge in [0.05, 0.1) is 32.4 Å².